The number of amides is 1. The zero-order valence-corrected chi connectivity index (χ0v) is 25.6. The van der Waals surface area contributed by atoms with Gasteiger partial charge in [-0.3, -0.25) is 4.18 Å². The van der Waals surface area contributed by atoms with Crippen molar-refractivity contribution in [2.45, 2.75) is 39.4 Å². The van der Waals surface area contributed by atoms with E-state index in [-0.39, 0.29) is 6.54 Å². The van der Waals surface area contributed by atoms with E-state index in [4.69, 9.17) is 25.0 Å². The lowest BCUT2D eigenvalue weighted by molar-refractivity contribution is 0.0502. The number of nitrogens with one attached hydrogen (secondary N) is 1. The van der Waals surface area contributed by atoms with Crippen LogP contribution < -0.4 is 15.0 Å². The maximum Gasteiger partial charge on any atom is 0.407 e. The van der Waals surface area contributed by atoms with Crippen LogP contribution in [0.15, 0.2) is 48.5 Å². The summed E-state index contributed by atoms with van der Waals surface area (Å²) in [6.07, 6.45) is -0.729. The minimum Gasteiger partial charge on any atom is -0.444 e. The van der Waals surface area contributed by atoms with E-state index < -0.39 is 27.9 Å². The smallest absolute Gasteiger partial charge is 0.407 e. The Morgan fingerprint density at radius 3 is 2.44 bits per heavy atom. The first-order valence-corrected chi connectivity index (χ1v) is 15.4. The minimum atomic E-state index is -3.84. The zero-order chi connectivity index (χ0) is 31.2. The number of aromatic nitrogens is 2. The zero-order valence-electron chi connectivity index (χ0n) is 24.8. The molecule has 4 rings (SSSR count). The lowest BCUT2D eigenvalue weighted by atomic mass is 10.0. The largest absolute Gasteiger partial charge is 0.444 e. The molecule has 1 aromatic heterocycles. The summed E-state index contributed by atoms with van der Waals surface area (Å²) in [6.45, 7) is 17.0. The van der Waals surface area contributed by atoms with Gasteiger partial charge >= 0.3 is 6.09 Å². The van der Waals surface area contributed by atoms with Crippen LogP contribution in [0.25, 0.3) is 16.0 Å². The summed E-state index contributed by atoms with van der Waals surface area (Å²) < 4.78 is 46.2. The van der Waals surface area contributed by atoms with Gasteiger partial charge in [-0.1, -0.05) is 36.4 Å². The van der Waals surface area contributed by atoms with Crippen molar-refractivity contribution in [1.82, 2.24) is 15.3 Å². The topological polar surface area (TPSA) is 134 Å². The van der Waals surface area contributed by atoms with Gasteiger partial charge in [0.05, 0.1) is 32.6 Å². The molecule has 1 unspecified atom stereocenters. The minimum absolute atomic E-state index is 0.131. The molecule has 0 bridgehead atoms. The van der Waals surface area contributed by atoms with Gasteiger partial charge in [0, 0.05) is 24.7 Å². The van der Waals surface area contributed by atoms with Crippen LogP contribution >= 0.6 is 0 Å². The van der Waals surface area contributed by atoms with Crippen molar-refractivity contribution in [3.05, 3.63) is 71.3 Å². The van der Waals surface area contributed by atoms with Gasteiger partial charge in [0.25, 0.3) is 10.1 Å². The molecule has 3 aromatic rings. The molecule has 1 aliphatic heterocycles. The van der Waals surface area contributed by atoms with E-state index in [0.717, 1.165) is 17.6 Å². The number of aryl methyl sites for hydroxylation is 1. The highest BCUT2D eigenvalue weighted by molar-refractivity contribution is 7.86. The Morgan fingerprint density at radius 2 is 1.81 bits per heavy atom. The van der Waals surface area contributed by atoms with E-state index in [1.165, 1.54) is 0 Å². The lowest BCUT2D eigenvalue weighted by Crippen LogP contribution is -2.36. The van der Waals surface area contributed by atoms with Crippen LogP contribution in [-0.4, -0.2) is 69.2 Å². The first-order chi connectivity index (χ1) is 20.3. The average Bonchev–Trinajstić information content (AvgIpc) is 2.94. The maximum absolute atomic E-state index is 12.2. The molecule has 43 heavy (non-hydrogen) atoms. The van der Waals surface area contributed by atoms with Crippen LogP contribution in [-0.2, 0) is 23.8 Å². The second kappa shape index (κ2) is 13.4. The van der Waals surface area contributed by atoms with Gasteiger partial charge in [-0.05, 0) is 44.9 Å². The Hall–Kier alpha value is -4.25. The molecule has 2 aromatic carbocycles. The van der Waals surface area contributed by atoms with Crippen molar-refractivity contribution in [2.75, 3.05) is 44.0 Å². The van der Waals surface area contributed by atoms with Crippen LogP contribution in [0.3, 0.4) is 0 Å². The average molecular weight is 610 g/mol. The van der Waals surface area contributed by atoms with Gasteiger partial charge in [-0.2, -0.15) is 13.4 Å². The van der Waals surface area contributed by atoms with E-state index >= 15 is 0 Å². The van der Waals surface area contributed by atoms with Crippen molar-refractivity contribution in [2.24, 2.45) is 0 Å². The molecular weight excluding hydrogens is 574 g/mol. The van der Waals surface area contributed by atoms with Gasteiger partial charge < -0.3 is 24.4 Å². The fourth-order valence-electron chi connectivity index (χ4n) is 4.33. The third-order valence-corrected chi connectivity index (χ3v) is 6.74. The first-order valence-electron chi connectivity index (χ1n) is 13.6. The van der Waals surface area contributed by atoms with Gasteiger partial charge in [0.1, 0.15) is 29.1 Å². The Bertz CT molecular complexity index is 1590. The summed E-state index contributed by atoms with van der Waals surface area (Å²) >= 11 is 0. The number of hydrogen-bond acceptors (Lipinski definition) is 10. The van der Waals surface area contributed by atoms with Crippen LogP contribution in [0.1, 0.15) is 38.3 Å². The maximum atomic E-state index is 12.2. The number of morpholine rings is 1. The van der Waals surface area contributed by atoms with Crippen molar-refractivity contribution in [1.29, 1.82) is 0 Å². The number of alkyl carbamates (subject to hydrolysis) is 1. The highest BCUT2D eigenvalue weighted by Crippen LogP contribution is 2.37. The number of anilines is 1. The number of rotatable bonds is 9. The predicted molar refractivity (Wildman–Crippen MR) is 161 cm³/mol. The summed E-state index contributed by atoms with van der Waals surface area (Å²) in [5.74, 6) is 2.03. The van der Waals surface area contributed by atoms with E-state index in [1.54, 1.807) is 76.2 Å². The normalized spacial score (nSPS) is 14.5. The number of nitrogens with zero attached hydrogens (tertiary/aromatic N) is 4. The molecule has 13 heteroatoms. The molecule has 0 saturated carbocycles. The number of hydrogen-bond donors (Lipinski definition) is 1. The van der Waals surface area contributed by atoms with Gasteiger partial charge in [-0.25, -0.2) is 14.6 Å². The Labute approximate surface area is 251 Å². The van der Waals surface area contributed by atoms with Gasteiger partial charge in [0.2, 0.25) is 5.88 Å². The van der Waals surface area contributed by atoms with Crippen molar-refractivity contribution < 1.29 is 31.6 Å². The second-order valence-electron chi connectivity index (χ2n) is 10.9. The third kappa shape index (κ3) is 9.37. The Morgan fingerprint density at radius 1 is 1.12 bits per heavy atom. The molecular formula is C30H35N5O7S. The monoisotopic (exact) mass is 609 g/mol. The van der Waals surface area contributed by atoms with Crippen LogP contribution in [0.5, 0.6) is 11.6 Å². The molecule has 1 atom stereocenters. The summed E-state index contributed by atoms with van der Waals surface area (Å²) in [4.78, 5) is 26.8. The molecule has 1 N–H and O–H groups in total. The number of carbonyl (C=O) groups excluding carboxylic acids is 1. The molecule has 228 valence electrons. The quantitative estimate of drug-likeness (QED) is 0.256. The summed E-state index contributed by atoms with van der Waals surface area (Å²) in [5, 5.41) is 2.57. The summed E-state index contributed by atoms with van der Waals surface area (Å²) in [6, 6.07) is 13.9. The highest BCUT2D eigenvalue weighted by atomic mass is 32.2. The number of benzene rings is 2. The lowest BCUT2D eigenvalue weighted by Gasteiger charge is -2.28. The molecule has 0 aliphatic carbocycles. The van der Waals surface area contributed by atoms with Crippen molar-refractivity contribution in [3.63, 3.8) is 0 Å². The number of ether oxygens (including phenoxy) is 3. The molecule has 12 nitrogen and oxygen atoms in total. The Kier molecular flexibility index (Phi) is 9.85. The first kappa shape index (κ1) is 31.7. The van der Waals surface area contributed by atoms with Crippen molar-refractivity contribution >= 4 is 27.7 Å². The number of carbonyl (C=O) groups is 1. The molecule has 1 amide bonds. The Balaban J connectivity index is 1.60. The third-order valence-electron chi connectivity index (χ3n) is 6.16. The fraction of sp³-hybridized carbons (Fsp3) is 0.400. The summed E-state index contributed by atoms with van der Waals surface area (Å²) in [7, 11) is -3.84. The van der Waals surface area contributed by atoms with E-state index in [9.17, 15) is 13.2 Å². The van der Waals surface area contributed by atoms with E-state index in [0.29, 0.717) is 60.6 Å². The van der Waals surface area contributed by atoms with Crippen LogP contribution in [0.2, 0.25) is 0 Å². The van der Waals surface area contributed by atoms with E-state index in [2.05, 4.69) is 25.0 Å². The summed E-state index contributed by atoms with van der Waals surface area (Å²) in [5.41, 5.74) is 1.63. The molecule has 0 spiro atoms. The molecule has 1 aliphatic rings. The van der Waals surface area contributed by atoms with Crippen molar-refractivity contribution in [3.8, 4) is 22.8 Å². The van der Waals surface area contributed by atoms with Gasteiger partial charge in [-0.15, -0.1) is 0 Å². The standard InChI is InChI=1S/C30H35N5O7S/c1-20-33-27(35-13-15-39-16-14-35)18-28(34-20)40-25-17-23(31-5)11-12-24(25)21-7-9-22(10-8-21)26(42-43(6,37)38)19-32-29(36)41-30(2,3)4/h7-12,17-18,26H,13-16,19H2,1-4,6H3,(H,32,36). The SMILES string of the molecule is [C-]#[N+]c1ccc(-c2ccc(C(CNC(=O)OC(C)(C)C)OS(C)(=O)=O)cc2)c(Oc2cc(N3CCOCC3)nc(C)n2)c1. The molecule has 1 saturated heterocycles. The fourth-order valence-corrected chi connectivity index (χ4v) is 4.94. The second-order valence-corrected chi connectivity index (χ2v) is 12.5. The predicted octanol–water partition coefficient (Wildman–Crippen LogP) is 5.17. The van der Waals surface area contributed by atoms with Crippen LogP contribution in [0.4, 0.5) is 16.3 Å². The highest BCUT2D eigenvalue weighted by Gasteiger charge is 2.22. The van der Waals surface area contributed by atoms with Crippen LogP contribution in [0, 0.1) is 13.5 Å². The van der Waals surface area contributed by atoms with Gasteiger partial charge in [0.15, 0.2) is 5.69 Å². The molecule has 2 heterocycles. The molecule has 0 radical (unpaired) electrons. The van der Waals surface area contributed by atoms with E-state index in [1.807, 2.05) is 0 Å². The molecule has 1 fully saturated rings.